The zero-order chi connectivity index (χ0) is 16.4. The van der Waals surface area contributed by atoms with Crippen LogP contribution in [-0.2, 0) is 25.7 Å². The summed E-state index contributed by atoms with van der Waals surface area (Å²) in [6.07, 6.45) is 3.99. The molecule has 0 N–H and O–H groups in total. The molecule has 136 valence electrons. The molecule has 0 fully saturated rings. The Hall–Kier alpha value is -1.64. The molecule has 2 aromatic rings. The van der Waals surface area contributed by atoms with Crippen LogP contribution in [0.5, 0.6) is 23.0 Å². The Kier molecular flexibility index (Phi) is 3.95. The van der Waals surface area contributed by atoms with E-state index in [1.807, 2.05) is 0 Å². The van der Waals surface area contributed by atoms with Crippen LogP contribution in [0.2, 0.25) is 0 Å². The molecule has 0 spiro atoms. The zero-order valence-electron chi connectivity index (χ0n) is 14.4. The highest BCUT2D eigenvalue weighted by Gasteiger charge is 2.32. The molecule has 0 aliphatic carbocycles. The molecule has 26 heavy (non-hydrogen) atoms. The molecule has 4 nitrogen and oxygen atoms in total. The topological polar surface area (TPSA) is 36.9 Å². The smallest absolute Gasteiger partial charge is 0.134 e. The van der Waals surface area contributed by atoms with Crippen LogP contribution in [0, 0.1) is 0 Å². The van der Waals surface area contributed by atoms with Crippen LogP contribution in [-0.4, -0.2) is 26.4 Å². The number of hydrogen-bond acceptors (Lipinski definition) is 4. The van der Waals surface area contributed by atoms with Crippen LogP contribution in [0.4, 0.5) is 0 Å². The Morgan fingerprint density at radius 1 is 0.538 bits per heavy atom. The fourth-order valence-electron chi connectivity index (χ4n) is 4.34. The van der Waals surface area contributed by atoms with E-state index < -0.39 is 0 Å². The quantitative estimate of drug-likeness (QED) is 0.738. The third kappa shape index (κ3) is 2.32. The summed E-state index contributed by atoms with van der Waals surface area (Å²) in [7, 11) is 0.445. The molecule has 6 heteroatoms. The maximum atomic E-state index is 6.01. The number of ether oxygens (including phenoxy) is 4. The second kappa shape index (κ2) is 6.21. The summed E-state index contributed by atoms with van der Waals surface area (Å²) in [5.74, 6) is 4.17. The lowest BCUT2D eigenvalue weighted by Crippen LogP contribution is -2.13. The normalized spacial score (nSPS) is 17.8. The number of benzene rings is 2. The van der Waals surface area contributed by atoms with E-state index >= 15 is 0 Å². The van der Waals surface area contributed by atoms with Gasteiger partial charge in [-0.1, -0.05) is 0 Å². The van der Waals surface area contributed by atoms with E-state index in [-0.39, 0.29) is 12.4 Å². The van der Waals surface area contributed by atoms with Gasteiger partial charge in [-0.15, -0.1) is 12.4 Å². The minimum Gasteiger partial charge on any atom is -0.492 e. The fourth-order valence-corrected chi connectivity index (χ4v) is 5.97. The van der Waals surface area contributed by atoms with Crippen LogP contribution >= 0.6 is 21.0 Å². The molecule has 2 aromatic carbocycles. The Bertz CT molecular complexity index is 774. The Balaban J connectivity index is 0.00000150. The second-order valence-electron chi connectivity index (χ2n) is 6.97. The van der Waals surface area contributed by atoms with Gasteiger partial charge in [-0.25, -0.2) is 0 Å². The maximum Gasteiger partial charge on any atom is 0.134 e. The van der Waals surface area contributed by atoms with Crippen LogP contribution in [0.15, 0.2) is 12.1 Å². The van der Waals surface area contributed by atoms with E-state index in [0.29, 0.717) is 8.58 Å². The number of fused-ring (bicyclic) bond motifs is 4. The Morgan fingerprint density at radius 3 is 1.15 bits per heavy atom. The van der Waals surface area contributed by atoms with Crippen LogP contribution < -0.4 is 29.6 Å². The van der Waals surface area contributed by atoms with Gasteiger partial charge in [-0.2, -0.15) is 0 Å². The standard InChI is InChI=1S/C20H19O4P.ClH/c1-5-21-15-11(1)9-12-2-6-22-16(12)19(15)25-20-17-13(3-7-23-17)10-14-4-8-24-18(14)20;/h9-10,25H,1-8H2;1H. The molecular weight excluding hydrogens is 371 g/mol. The highest BCUT2D eigenvalue weighted by atomic mass is 35.5. The predicted molar refractivity (Wildman–Crippen MR) is 105 cm³/mol. The lowest BCUT2D eigenvalue weighted by atomic mass is 10.1. The van der Waals surface area contributed by atoms with Gasteiger partial charge in [0.2, 0.25) is 0 Å². The molecule has 6 rings (SSSR count). The van der Waals surface area contributed by atoms with E-state index in [9.17, 15) is 0 Å². The average Bonchev–Trinajstić information content (AvgIpc) is 3.39. The molecule has 0 radical (unpaired) electrons. The highest BCUT2D eigenvalue weighted by molar-refractivity contribution is 7.56. The van der Waals surface area contributed by atoms with Gasteiger partial charge in [0.25, 0.3) is 0 Å². The van der Waals surface area contributed by atoms with Crippen molar-refractivity contribution < 1.29 is 18.9 Å². The van der Waals surface area contributed by atoms with Gasteiger partial charge in [0.1, 0.15) is 23.0 Å². The summed E-state index contributed by atoms with van der Waals surface area (Å²) in [4.78, 5) is 0. The van der Waals surface area contributed by atoms with Gasteiger partial charge in [-0.3, -0.25) is 0 Å². The van der Waals surface area contributed by atoms with Crippen LogP contribution in [0.25, 0.3) is 0 Å². The Labute approximate surface area is 160 Å². The van der Waals surface area contributed by atoms with Crippen molar-refractivity contribution in [2.24, 2.45) is 0 Å². The van der Waals surface area contributed by atoms with Crippen molar-refractivity contribution in [3.63, 3.8) is 0 Å². The first kappa shape index (κ1) is 16.5. The third-order valence-electron chi connectivity index (χ3n) is 5.49. The summed E-state index contributed by atoms with van der Waals surface area (Å²) < 4.78 is 24.0. The summed E-state index contributed by atoms with van der Waals surface area (Å²) in [5, 5.41) is 2.42. The molecule has 0 unspecified atom stereocenters. The van der Waals surface area contributed by atoms with Crippen molar-refractivity contribution in [2.75, 3.05) is 26.4 Å². The van der Waals surface area contributed by atoms with Crippen molar-refractivity contribution in [1.82, 2.24) is 0 Å². The van der Waals surface area contributed by atoms with Gasteiger partial charge in [0.05, 0.1) is 37.0 Å². The summed E-state index contributed by atoms with van der Waals surface area (Å²) in [6.45, 7) is 3.09. The van der Waals surface area contributed by atoms with Gasteiger partial charge in [0, 0.05) is 25.7 Å². The minimum absolute atomic E-state index is 0. The second-order valence-corrected chi connectivity index (χ2v) is 8.22. The van der Waals surface area contributed by atoms with Crippen molar-refractivity contribution >= 4 is 31.6 Å². The predicted octanol–water partition coefficient (Wildman–Crippen LogP) is 2.48. The minimum atomic E-state index is 0. The average molecular weight is 391 g/mol. The zero-order valence-corrected chi connectivity index (χ0v) is 16.2. The summed E-state index contributed by atoms with van der Waals surface area (Å²) >= 11 is 0. The molecule has 0 aromatic heterocycles. The first-order valence-corrected chi connectivity index (χ1v) is 10.0. The maximum absolute atomic E-state index is 6.01. The summed E-state index contributed by atoms with van der Waals surface area (Å²) in [5.41, 5.74) is 5.33. The van der Waals surface area contributed by atoms with E-state index in [1.165, 1.54) is 32.9 Å². The van der Waals surface area contributed by atoms with Crippen molar-refractivity contribution in [3.8, 4) is 23.0 Å². The molecule has 0 amide bonds. The van der Waals surface area contributed by atoms with E-state index in [2.05, 4.69) is 12.1 Å². The molecule has 4 aliphatic rings. The van der Waals surface area contributed by atoms with E-state index in [1.54, 1.807) is 0 Å². The first-order valence-electron chi connectivity index (χ1n) is 9.04. The Morgan fingerprint density at radius 2 is 0.846 bits per heavy atom. The number of rotatable bonds is 2. The lowest BCUT2D eigenvalue weighted by Gasteiger charge is -2.17. The molecular formula is C20H20ClO4P. The highest BCUT2D eigenvalue weighted by Crippen LogP contribution is 2.44. The SMILES string of the molecule is Cl.c1c2c(c(Pc3c4c(cc5c3OCC5)CCO4)c3c1CCO3)OCC2. The molecule has 0 atom stereocenters. The van der Waals surface area contributed by atoms with Gasteiger partial charge in [-0.05, 0) is 43.0 Å². The number of hydrogen-bond donors (Lipinski definition) is 0. The molecule has 0 bridgehead atoms. The molecule has 0 saturated heterocycles. The van der Waals surface area contributed by atoms with Crippen LogP contribution in [0.1, 0.15) is 22.3 Å². The van der Waals surface area contributed by atoms with Crippen molar-refractivity contribution in [1.29, 1.82) is 0 Å². The molecule has 4 aliphatic heterocycles. The first-order chi connectivity index (χ1) is 12.4. The van der Waals surface area contributed by atoms with Crippen molar-refractivity contribution in [3.05, 3.63) is 34.4 Å². The van der Waals surface area contributed by atoms with Crippen molar-refractivity contribution in [2.45, 2.75) is 25.7 Å². The third-order valence-corrected chi connectivity index (χ3v) is 6.90. The monoisotopic (exact) mass is 390 g/mol. The fraction of sp³-hybridized carbons (Fsp3) is 0.400. The van der Waals surface area contributed by atoms with Gasteiger partial charge < -0.3 is 18.9 Å². The van der Waals surface area contributed by atoms with Gasteiger partial charge in [0.15, 0.2) is 0 Å². The molecule has 4 heterocycles. The molecule has 0 saturated carbocycles. The largest absolute Gasteiger partial charge is 0.492 e. The summed E-state index contributed by atoms with van der Waals surface area (Å²) in [6, 6.07) is 4.57. The van der Waals surface area contributed by atoms with Gasteiger partial charge >= 0.3 is 0 Å². The van der Waals surface area contributed by atoms with E-state index in [0.717, 1.165) is 75.1 Å². The van der Waals surface area contributed by atoms with Crippen LogP contribution in [0.3, 0.4) is 0 Å². The number of halogens is 1. The lowest BCUT2D eigenvalue weighted by molar-refractivity contribution is 0.346. The van der Waals surface area contributed by atoms with E-state index in [4.69, 9.17) is 18.9 Å².